The molecule has 0 amide bonds. The Bertz CT molecular complexity index is 361. The number of carbonyl (C=O) groups excluding carboxylic acids is 1. The van der Waals surface area contributed by atoms with Crippen molar-refractivity contribution in [2.45, 2.75) is 38.5 Å². The standard InChI is InChI=1S/C14H18O2/c1-2-16-14-6-4-3-5-13(14)11-7-9-12(15)10-8-11/h3-6,11H,2,7-10H2,1H3. The summed E-state index contributed by atoms with van der Waals surface area (Å²) in [5, 5.41) is 0. The first-order valence-corrected chi connectivity index (χ1v) is 6.04. The molecule has 2 rings (SSSR count). The number of ketones is 1. The lowest BCUT2D eigenvalue weighted by atomic mass is 9.83. The lowest BCUT2D eigenvalue weighted by Crippen LogP contribution is -2.13. The quantitative estimate of drug-likeness (QED) is 0.778. The van der Waals surface area contributed by atoms with Crippen molar-refractivity contribution in [3.63, 3.8) is 0 Å². The average molecular weight is 218 g/mol. The molecule has 0 unspecified atom stereocenters. The summed E-state index contributed by atoms with van der Waals surface area (Å²) in [7, 11) is 0. The molecule has 2 nitrogen and oxygen atoms in total. The van der Waals surface area contributed by atoms with Crippen LogP contribution in [0.25, 0.3) is 0 Å². The molecule has 86 valence electrons. The van der Waals surface area contributed by atoms with Crippen LogP contribution in [0.3, 0.4) is 0 Å². The highest BCUT2D eigenvalue weighted by Crippen LogP contribution is 2.36. The van der Waals surface area contributed by atoms with Crippen LogP contribution in [0, 0.1) is 0 Å². The minimum atomic E-state index is 0.408. The molecule has 16 heavy (non-hydrogen) atoms. The summed E-state index contributed by atoms with van der Waals surface area (Å²) < 4.78 is 5.63. The molecule has 2 heteroatoms. The van der Waals surface area contributed by atoms with Crippen molar-refractivity contribution in [3.05, 3.63) is 29.8 Å². The van der Waals surface area contributed by atoms with Gasteiger partial charge in [-0.15, -0.1) is 0 Å². The minimum absolute atomic E-state index is 0.408. The summed E-state index contributed by atoms with van der Waals surface area (Å²) in [6.45, 7) is 2.70. The number of para-hydroxylation sites is 1. The predicted octanol–water partition coefficient (Wildman–Crippen LogP) is 3.31. The predicted molar refractivity (Wildman–Crippen MR) is 63.8 cm³/mol. The van der Waals surface area contributed by atoms with Gasteiger partial charge in [0.1, 0.15) is 11.5 Å². The second-order valence-electron chi connectivity index (χ2n) is 4.28. The van der Waals surface area contributed by atoms with E-state index in [1.54, 1.807) is 0 Å². The molecule has 0 atom stereocenters. The maximum absolute atomic E-state index is 11.2. The first-order chi connectivity index (χ1) is 7.81. The van der Waals surface area contributed by atoms with Gasteiger partial charge in [0, 0.05) is 12.8 Å². The SMILES string of the molecule is CCOc1ccccc1C1CCC(=O)CC1. The highest BCUT2D eigenvalue weighted by molar-refractivity contribution is 5.79. The van der Waals surface area contributed by atoms with Crippen LogP contribution in [0.1, 0.15) is 44.1 Å². The topological polar surface area (TPSA) is 26.3 Å². The van der Waals surface area contributed by atoms with Gasteiger partial charge in [0.2, 0.25) is 0 Å². The van der Waals surface area contributed by atoms with Crippen LogP contribution < -0.4 is 4.74 Å². The van der Waals surface area contributed by atoms with Crippen molar-refractivity contribution in [3.8, 4) is 5.75 Å². The van der Waals surface area contributed by atoms with Crippen molar-refractivity contribution < 1.29 is 9.53 Å². The van der Waals surface area contributed by atoms with Crippen molar-refractivity contribution in [1.82, 2.24) is 0 Å². The molecular formula is C14H18O2. The highest BCUT2D eigenvalue weighted by atomic mass is 16.5. The molecule has 0 bridgehead atoms. The molecule has 0 N–H and O–H groups in total. The minimum Gasteiger partial charge on any atom is -0.494 e. The number of rotatable bonds is 3. The molecular weight excluding hydrogens is 200 g/mol. The fourth-order valence-electron chi connectivity index (χ4n) is 2.36. The van der Waals surface area contributed by atoms with Crippen molar-refractivity contribution in [2.24, 2.45) is 0 Å². The smallest absolute Gasteiger partial charge is 0.132 e. The van der Waals surface area contributed by atoms with Crippen LogP contribution in [0.2, 0.25) is 0 Å². The Morgan fingerprint density at radius 3 is 2.62 bits per heavy atom. The third kappa shape index (κ3) is 2.43. The largest absolute Gasteiger partial charge is 0.494 e. The van der Waals surface area contributed by atoms with Crippen molar-refractivity contribution in [1.29, 1.82) is 0 Å². The normalized spacial score (nSPS) is 17.4. The number of hydrogen-bond donors (Lipinski definition) is 0. The van der Waals surface area contributed by atoms with E-state index in [0.29, 0.717) is 18.3 Å². The molecule has 1 aliphatic carbocycles. The monoisotopic (exact) mass is 218 g/mol. The van der Waals surface area contributed by atoms with Crippen molar-refractivity contribution in [2.75, 3.05) is 6.61 Å². The van der Waals surface area contributed by atoms with E-state index in [-0.39, 0.29) is 0 Å². The van der Waals surface area contributed by atoms with Gasteiger partial charge in [0.25, 0.3) is 0 Å². The number of ether oxygens (including phenoxy) is 1. The van der Waals surface area contributed by atoms with Gasteiger partial charge in [0.15, 0.2) is 0 Å². The molecule has 1 aliphatic rings. The molecule has 1 aromatic rings. The lowest BCUT2D eigenvalue weighted by Gasteiger charge is -2.23. The molecule has 0 aromatic heterocycles. The average Bonchev–Trinajstić information content (AvgIpc) is 2.32. The van der Waals surface area contributed by atoms with Crippen LogP contribution in [0.15, 0.2) is 24.3 Å². The van der Waals surface area contributed by atoms with E-state index in [0.717, 1.165) is 31.4 Å². The van der Waals surface area contributed by atoms with Gasteiger partial charge in [-0.3, -0.25) is 4.79 Å². The number of hydrogen-bond acceptors (Lipinski definition) is 2. The van der Waals surface area contributed by atoms with Gasteiger partial charge < -0.3 is 4.74 Å². The Labute approximate surface area is 96.6 Å². The molecule has 0 saturated heterocycles. The summed E-state index contributed by atoms with van der Waals surface area (Å²) in [4.78, 5) is 11.2. The maximum atomic E-state index is 11.2. The first-order valence-electron chi connectivity index (χ1n) is 6.04. The van der Waals surface area contributed by atoms with E-state index in [1.165, 1.54) is 5.56 Å². The summed E-state index contributed by atoms with van der Waals surface area (Å²) in [6, 6.07) is 8.21. The van der Waals surface area contributed by atoms with Gasteiger partial charge in [-0.2, -0.15) is 0 Å². The fraction of sp³-hybridized carbons (Fsp3) is 0.500. The van der Waals surface area contributed by atoms with Gasteiger partial charge >= 0.3 is 0 Å². The van der Waals surface area contributed by atoms with Crippen LogP contribution in [0.5, 0.6) is 5.75 Å². The number of carbonyl (C=O) groups is 1. The van der Waals surface area contributed by atoms with E-state index in [1.807, 2.05) is 25.1 Å². The molecule has 0 aliphatic heterocycles. The number of Topliss-reactive ketones (excluding diaryl/α,β-unsaturated/α-hetero) is 1. The van der Waals surface area contributed by atoms with E-state index in [9.17, 15) is 4.79 Å². The zero-order valence-electron chi connectivity index (χ0n) is 9.74. The Balaban J connectivity index is 2.16. The first kappa shape index (κ1) is 11.2. The van der Waals surface area contributed by atoms with Crippen LogP contribution in [0.4, 0.5) is 0 Å². The van der Waals surface area contributed by atoms with Crippen LogP contribution in [-0.4, -0.2) is 12.4 Å². The molecule has 1 aromatic carbocycles. The van der Waals surface area contributed by atoms with Crippen LogP contribution in [-0.2, 0) is 4.79 Å². The van der Waals surface area contributed by atoms with Gasteiger partial charge in [0.05, 0.1) is 6.61 Å². The third-order valence-electron chi connectivity index (χ3n) is 3.20. The number of benzene rings is 1. The lowest BCUT2D eigenvalue weighted by molar-refractivity contribution is -0.120. The summed E-state index contributed by atoms with van der Waals surface area (Å²) >= 11 is 0. The van der Waals surface area contributed by atoms with E-state index < -0.39 is 0 Å². The second kappa shape index (κ2) is 5.15. The highest BCUT2D eigenvalue weighted by Gasteiger charge is 2.22. The maximum Gasteiger partial charge on any atom is 0.132 e. The summed E-state index contributed by atoms with van der Waals surface area (Å²) in [6.07, 6.45) is 3.40. The van der Waals surface area contributed by atoms with Crippen molar-refractivity contribution >= 4 is 5.78 Å². The molecule has 1 fully saturated rings. The molecule has 1 saturated carbocycles. The van der Waals surface area contributed by atoms with Gasteiger partial charge in [-0.25, -0.2) is 0 Å². The summed E-state index contributed by atoms with van der Waals surface area (Å²) in [5.41, 5.74) is 1.27. The van der Waals surface area contributed by atoms with Gasteiger partial charge in [-0.05, 0) is 37.3 Å². The Morgan fingerprint density at radius 2 is 1.94 bits per heavy atom. The fourth-order valence-corrected chi connectivity index (χ4v) is 2.36. The summed E-state index contributed by atoms with van der Waals surface area (Å²) in [5.74, 6) is 1.90. The van der Waals surface area contributed by atoms with E-state index >= 15 is 0 Å². The zero-order chi connectivity index (χ0) is 11.4. The Morgan fingerprint density at radius 1 is 1.25 bits per heavy atom. The van der Waals surface area contributed by atoms with E-state index in [4.69, 9.17) is 4.74 Å². The second-order valence-corrected chi connectivity index (χ2v) is 4.28. The molecule has 0 radical (unpaired) electrons. The molecule has 0 spiro atoms. The zero-order valence-corrected chi connectivity index (χ0v) is 9.74. The van der Waals surface area contributed by atoms with Gasteiger partial charge in [-0.1, -0.05) is 18.2 Å². The Kier molecular flexibility index (Phi) is 3.60. The van der Waals surface area contributed by atoms with E-state index in [2.05, 4.69) is 6.07 Å². The Hall–Kier alpha value is -1.31. The molecule has 0 heterocycles. The van der Waals surface area contributed by atoms with Crippen LogP contribution >= 0.6 is 0 Å². The third-order valence-corrected chi connectivity index (χ3v) is 3.20.